The number of ether oxygens (including phenoxy) is 3. The molecule has 0 radical (unpaired) electrons. The number of nitrogens with one attached hydrogen (secondary N) is 4. The van der Waals surface area contributed by atoms with Crippen LogP contribution in [-0.2, 0) is 38.2 Å². The molecule has 0 heterocycles. The van der Waals surface area contributed by atoms with Gasteiger partial charge in [-0.3, -0.25) is 24.0 Å². The number of aliphatic carboxylic acids is 2. The van der Waals surface area contributed by atoms with E-state index in [4.69, 9.17) is 30.0 Å². The minimum Gasteiger partial charge on any atom is -0.481 e. The Kier molecular flexibility index (Phi) is 19.5. The average Bonchev–Trinajstić information content (AvgIpc) is 2.88. The van der Waals surface area contributed by atoms with Crippen molar-refractivity contribution in [3.63, 3.8) is 0 Å². The minimum absolute atomic E-state index is 0.000555. The van der Waals surface area contributed by atoms with Crippen molar-refractivity contribution in [1.29, 1.82) is 5.53 Å². The summed E-state index contributed by atoms with van der Waals surface area (Å²) in [5.74, 6) is -3.05. The second-order valence-corrected chi connectivity index (χ2v) is 10.8. The molecule has 0 rings (SSSR count). The fourth-order valence-electron chi connectivity index (χ4n) is 3.23. The Hall–Kier alpha value is -3.46. The Balaban J connectivity index is 4.86. The fraction of sp³-hybridized carbons (Fsp3) is 0.808. The van der Waals surface area contributed by atoms with E-state index in [1.165, 1.54) is 0 Å². The Labute approximate surface area is 245 Å². The lowest BCUT2D eigenvalue weighted by Gasteiger charge is -2.30. The molecule has 16 heteroatoms. The molecule has 0 saturated carbocycles. The summed E-state index contributed by atoms with van der Waals surface area (Å²) in [6.45, 7) is 8.11. The van der Waals surface area contributed by atoms with Crippen LogP contribution >= 0.6 is 0 Å². The van der Waals surface area contributed by atoms with Crippen LogP contribution < -0.4 is 20.9 Å². The third kappa shape index (κ3) is 21.3. The van der Waals surface area contributed by atoms with E-state index in [-0.39, 0.29) is 82.9 Å². The molecule has 0 aromatic heterocycles. The molecule has 0 unspecified atom stereocenters. The van der Waals surface area contributed by atoms with Crippen molar-refractivity contribution in [2.75, 3.05) is 52.7 Å². The maximum Gasteiger partial charge on any atom is 0.305 e. The van der Waals surface area contributed by atoms with E-state index in [0.717, 1.165) is 0 Å². The van der Waals surface area contributed by atoms with Gasteiger partial charge in [-0.15, -0.1) is 0 Å². The fourth-order valence-corrected chi connectivity index (χ4v) is 3.23. The Bertz CT molecular complexity index is 881. The van der Waals surface area contributed by atoms with Gasteiger partial charge in [0.1, 0.15) is 17.2 Å². The van der Waals surface area contributed by atoms with Gasteiger partial charge in [0.05, 0.1) is 50.9 Å². The van der Waals surface area contributed by atoms with Gasteiger partial charge in [-0.05, 0) is 20.3 Å². The molecule has 0 spiro atoms. The highest BCUT2D eigenvalue weighted by molar-refractivity contribution is 5.82. The number of carboxylic acid groups (broad SMARTS) is 2. The third-order valence-corrected chi connectivity index (χ3v) is 5.96. The molecule has 240 valence electrons. The van der Waals surface area contributed by atoms with Crippen LogP contribution in [-0.4, -0.2) is 104 Å². The van der Waals surface area contributed by atoms with Crippen LogP contribution in [0.25, 0.3) is 0 Å². The second-order valence-electron chi connectivity index (χ2n) is 10.8. The largest absolute Gasteiger partial charge is 0.481 e. The summed E-state index contributed by atoms with van der Waals surface area (Å²) in [6, 6.07) is -0.602. The monoisotopic (exact) mass is 603 g/mol. The van der Waals surface area contributed by atoms with Crippen molar-refractivity contribution >= 4 is 29.7 Å². The highest BCUT2D eigenvalue weighted by Crippen LogP contribution is 2.23. The van der Waals surface area contributed by atoms with Crippen LogP contribution in [0.15, 0.2) is 5.11 Å². The number of hydrogen-bond donors (Lipinski definition) is 6. The van der Waals surface area contributed by atoms with E-state index in [2.05, 4.69) is 26.0 Å². The first-order chi connectivity index (χ1) is 19.7. The van der Waals surface area contributed by atoms with Gasteiger partial charge < -0.3 is 40.4 Å². The summed E-state index contributed by atoms with van der Waals surface area (Å²) < 4.78 is 17.1. The van der Waals surface area contributed by atoms with Crippen molar-refractivity contribution in [1.82, 2.24) is 20.9 Å². The quantitative estimate of drug-likeness (QED) is 0.0483. The molecule has 0 bridgehead atoms. The summed E-state index contributed by atoms with van der Waals surface area (Å²) in [7, 11) is 0. The van der Waals surface area contributed by atoms with Crippen molar-refractivity contribution in [2.45, 2.75) is 77.9 Å². The number of nitrogens with zero attached hydrogens (tertiary/aromatic N) is 2. The van der Waals surface area contributed by atoms with Crippen LogP contribution in [0, 0.1) is 10.9 Å². The maximum atomic E-state index is 13.1. The number of amides is 3. The number of hydrogen-bond acceptors (Lipinski definition) is 10. The molecule has 0 aromatic carbocycles. The molecule has 42 heavy (non-hydrogen) atoms. The van der Waals surface area contributed by atoms with E-state index in [1.54, 1.807) is 13.8 Å². The lowest BCUT2D eigenvalue weighted by molar-refractivity contribution is -0.138. The number of carbonyl (C=O) groups excluding carboxylic acids is 3. The van der Waals surface area contributed by atoms with Crippen molar-refractivity contribution < 1.29 is 48.4 Å². The first-order valence-corrected chi connectivity index (χ1v) is 13.8. The van der Waals surface area contributed by atoms with Crippen LogP contribution in [0.1, 0.15) is 66.2 Å². The van der Waals surface area contributed by atoms with Crippen LogP contribution in [0.2, 0.25) is 0 Å². The Morgan fingerprint density at radius 2 is 1.31 bits per heavy atom. The van der Waals surface area contributed by atoms with Crippen molar-refractivity contribution in [3.8, 4) is 0 Å². The normalized spacial score (nSPS) is 11.5. The third-order valence-electron chi connectivity index (χ3n) is 5.96. The molecule has 0 aromatic rings. The number of carboxylic acids is 2. The van der Waals surface area contributed by atoms with Gasteiger partial charge >= 0.3 is 11.9 Å². The molecule has 16 nitrogen and oxygen atoms in total. The number of carbonyl (C=O) groups is 5. The van der Waals surface area contributed by atoms with E-state index >= 15 is 0 Å². The van der Waals surface area contributed by atoms with Crippen LogP contribution in [0.5, 0.6) is 0 Å². The molecule has 0 aliphatic carbocycles. The highest BCUT2D eigenvalue weighted by atomic mass is 16.5. The molecule has 3 amide bonds. The van der Waals surface area contributed by atoms with Gasteiger partial charge in [0, 0.05) is 44.4 Å². The minimum atomic E-state index is -1.02. The van der Waals surface area contributed by atoms with Crippen molar-refractivity contribution in [3.05, 3.63) is 0 Å². The maximum absolute atomic E-state index is 13.1. The zero-order chi connectivity index (χ0) is 32.0. The SMILES string of the molecule is CC(C)(CCN=[N+]=N)OCCC(C)(C)C(=O)NC(COCCC(=O)NCCC(=O)O)COCCC(=O)NCCC(=O)O. The molecular weight excluding hydrogens is 556 g/mol. The van der Waals surface area contributed by atoms with Gasteiger partial charge in [0.25, 0.3) is 0 Å². The highest BCUT2D eigenvalue weighted by Gasteiger charge is 2.30. The van der Waals surface area contributed by atoms with Crippen molar-refractivity contribution in [2.24, 2.45) is 10.5 Å². The van der Waals surface area contributed by atoms with Gasteiger partial charge in [0.2, 0.25) is 22.6 Å². The Morgan fingerprint density at radius 3 is 1.76 bits per heavy atom. The summed E-state index contributed by atoms with van der Waals surface area (Å²) in [4.78, 5) is 60.9. The molecule has 6 N–H and O–H groups in total. The van der Waals surface area contributed by atoms with Gasteiger partial charge in [0.15, 0.2) is 0 Å². The summed E-state index contributed by atoms with van der Waals surface area (Å²) in [6.07, 6.45) is 0.592. The standard InChI is InChI=1S/C26H46N6O10/c1-25(2,10-16-42-26(3,4)9-13-30-32-27)24(39)31-19(17-40-14-7-20(33)28-11-5-22(35)36)18-41-15-8-21(34)29-12-6-23(37)38/h19,27H,5-18H2,1-4H3,(H4-,28,29,31,33,34,35,36,37,38,39)/p+1. The molecule has 0 aliphatic heterocycles. The van der Waals surface area contributed by atoms with Crippen LogP contribution in [0.3, 0.4) is 0 Å². The first kappa shape index (κ1) is 38.5. The number of rotatable bonds is 25. The zero-order valence-corrected chi connectivity index (χ0v) is 25.0. The van der Waals surface area contributed by atoms with E-state index in [0.29, 0.717) is 26.0 Å². The second kappa shape index (κ2) is 21.3. The molecular formula is C26H47N6O10+. The summed E-state index contributed by atoms with van der Waals surface area (Å²) in [5.41, 5.74) is 5.41. The zero-order valence-electron chi connectivity index (χ0n) is 25.0. The molecule has 0 saturated heterocycles. The predicted molar refractivity (Wildman–Crippen MR) is 149 cm³/mol. The van der Waals surface area contributed by atoms with Gasteiger partial charge in [-0.1, -0.05) is 13.8 Å². The smallest absolute Gasteiger partial charge is 0.305 e. The molecule has 0 atom stereocenters. The molecule has 0 fully saturated rings. The van der Waals surface area contributed by atoms with Crippen LogP contribution in [0.4, 0.5) is 0 Å². The summed E-state index contributed by atoms with van der Waals surface area (Å²) >= 11 is 0. The average molecular weight is 604 g/mol. The predicted octanol–water partition coefficient (Wildman–Crippen LogP) is 0.618. The summed E-state index contributed by atoms with van der Waals surface area (Å²) in [5, 5.41) is 28.8. The van der Waals surface area contributed by atoms with Gasteiger partial charge in [-0.2, -0.15) is 0 Å². The lowest BCUT2D eigenvalue weighted by Crippen LogP contribution is -2.47. The van der Waals surface area contributed by atoms with E-state index < -0.39 is 29.0 Å². The Morgan fingerprint density at radius 1 is 0.810 bits per heavy atom. The topological polar surface area (TPSA) is 240 Å². The van der Waals surface area contributed by atoms with E-state index in [1.807, 2.05) is 13.8 Å². The molecule has 0 aliphatic rings. The first-order valence-electron chi connectivity index (χ1n) is 13.8. The van der Waals surface area contributed by atoms with Gasteiger partial charge in [-0.25, -0.2) is 0 Å². The van der Waals surface area contributed by atoms with E-state index in [9.17, 15) is 24.0 Å². The lowest BCUT2D eigenvalue weighted by atomic mass is 9.88.